The molecule has 1 amide bonds. The second-order valence-corrected chi connectivity index (χ2v) is 6.19. The standard InChI is InChI=1S/C13H15BrF3NOS/c1-8(5-6-20-2)18-12(19)10-7-9(13(15,16)17)3-4-11(10)14/h3-4,7-8H,5-6H2,1-2H3,(H,18,19). The second-order valence-electron chi connectivity index (χ2n) is 4.35. The summed E-state index contributed by atoms with van der Waals surface area (Å²) in [7, 11) is 0. The summed E-state index contributed by atoms with van der Waals surface area (Å²) in [5.41, 5.74) is -0.835. The fraction of sp³-hybridized carbons (Fsp3) is 0.462. The summed E-state index contributed by atoms with van der Waals surface area (Å²) in [6.45, 7) is 1.83. The molecule has 0 fully saturated rings. The van der Waals surface area contributed by atoms with Crippen LogP contribution in [-0.2, 0) is 6.18 Å². The molecule has 0 aliphatic heterocycles. The van der Waals surface area contributed by atoms with Crippen molar-refractivity contribution in [1.82, 2.24) is 5.32 Å². The van der Waals surface area contributed by atoms with E-state index >= 15 is 0 Å². The highest BCUT2D eigenvalue weighted by Crippen LogP contribution is 2.31. The Morgan fingerprint density at radius 3 is 2.65 bits per heavy atom. The number of hydrogen-bond acceptors (Lipinski definition) is 2. The molecule has 0 radical (unpaired) electrons. The molecule has 0 saturated carbocycles. The summed E-state index contributed by atoms with van der Waals surface area (Å²) in [6.07, 6.45) is -1.73. The summed E-state index contributed by atoms with van der Waals surface area (Å²) in [5, 5.41) is 2.70. The van der Waals surface area contributed by atoms with Gasteiger partial charge in [0, 0.05) is 10.5 Å². The molecule has 1 rings (SSSR count). The molecule has 0 aliphatic carbocycles. The van der Waals surface area contributed by atoms with Crippen LogP contribution in [0, 0.1) is 0 Å². The first-order valence-electron chi connectivity index (χ1n) is 5.92. The molecule has 20 heavy (non-hydrogen) atoms. The zero-order valence-corrected chi connectivity index (χ0v) is 13.5. The number of alkyl halides is 3. The molecule has 0 saturated heterocycles. The van der Waals surface area contributed by atoms with Gasteiger partial charge in [-0.05, 0) is 59.5 Å². The minimum atomic E-state index is -4.46. The van der Waals surface area contributed by atoms with E-state index in [0.29, 0.717) is 4.47 Å². The summed E-state index contributed by atoms with van der Waals surface area (Å²) < 4.78 is 38.3. The molecule has 0 heterocycles. The molecule has 0 spiro atoms. The van der Waals surface area contributed by atoms with Gasteiger partial charge in [0.2, 0.25) is 0 Å². The number of nitrogens with one attached hydrogen (secondary N) is 1. The highest BCUT2D eigenvalue weighted by atomic mass is 79.9. The number of benzene rings is 1. The number of rotatable bonds is 5. The molecule has 1 aromatic carbocycles. The second kappa shape index (κ2) is 7.36. The third-order valence-electron chi connectivity index (χ3n) is 2.67. The number of amides is 1. The van der Waals surface area contributed by atoms with Crippen LogP contribution < -0.4 is 5.32 Å². The van der Waals surface area contributed by atoms with Crippen LogP contribution >= 0.6 is 27.7 Å². The van der Waals surface area contributed by atoms with E-state index in [1.165, 1.54) is 6.07 Å². The van der Waals surface area contributed by atoms with Crippen LogP contribution in [0.2, 0.25) is 0 Å². The first kappa shape index (κ1) is 17.4. The van der Waals surface area contributed by atoms with E-state index in [1.807, 2.05) is 13.2 Å². The number of halogens is 4. The largest absolute Gasteiger partial charge is 0.416 e. The van der Waals surface area contributed by atoms with Crippen molar-refractivity contribution in [1.29, 1.82) is 0 Å². The number of carbonyl (C=O) groups excluding carboxylic acids is 1. The van der Waals surface area contributed by atoms with Gasteiger partial charge >= 0.3 is 6.18 Å². The first-order valence-corrected chi connectivity index (χ1v) is 8.11. The topological polar surface area (TPSA) is 29.1 Å². The lowest BCUT2D eigenvalue weighted by Crippen LogP contribution is -2.33. The molecular weight excluding hydrogens is 355 g/mol. The van der Waals surface area contributed by atoms with E-state index in [-0.39, 0.29) is 11.6 Å². The van der Waals surface area contributed by atoms with Crippen molar-refractivity contribution < 1.29 is 18.0 Å². The zero-order chi connectivity index (χ0) is 15.3. The quantitative estimate of drug-likeness (QED) is 0.836. The first-order chi connectivity index (χ1) is 9.25. The summed E-state index contributed by atoms with van der Waals surface area (Å²) in [4.78, 5) is 12.0. The average Bonchev–Trinajstić information content (AvgIpc) is 2.35. The van der Waals surface area contributed by atoms with Crippen LogP contribution in [0.15, 0.2) is 22.7 Å². The van der Waals surface area contributed by atoms with Gasteiger partial charge in [0.25, 0.3) is 5.91 Å². The van der Waals surface area contributed by atoms with Crippen molar-refractivity contribution in [3.63, 3.8) is 0 Å². The number of hydrogen-bond donors (Lipinski definition) is 1. The van der Waals surface area contributed by atoms with Crippen LogP contribution in [0.25, 0.3) is 0 Å². The van der Waals surface area contributed by atoms with Crippen molar-refractivity contribution in [2.24, 2.45) is 0 Å². The van der Waals surface area contributed by atoms with Gasteiger partial charge < -0.3 is 5.32 Å². The normalized spacial score (nSPS) is 13.1. The van der Waals surface area contributed by atoms with Crippen molar-refractivity contribution in [2.75, 3.05) is 12.0 Å². The molecule has 2 nitrogen and oxygen atoms in total. The van der Waals surface area contributed by atoms with E-state index in [1.54, 1.807) is 11.8 Å². The predicted octanol–water partition coefficient (Wildman–Crippen LogP) is 4.34. The third-order valence-corrected chi connectivity index (χ3v) is 4.01. The maximum absolute atomic E-state index is 12.6. The lowest BCUT2D eigenvalue weighted by atomic mass is 10.1. The summed E-state index contributed by atoms with van der Waals surface area (Å²) >= 11 is 4.76. The zero-order valence-electron chi connectivity index (χ0n) is 11.1. The smallest absolute Gasteiger partial charge is 0.350 e. The number of thioether (sulfide) groups is 1. The van der Waals surface area contributed by atoms with E-state index in [0.717, 1.165) is 24.3 Å². The van der Waals surface area contributed by atoms with Crippen molar-refractivity contribution in [2.45, 2.75) is 25.6 Å². The van der Waals surface area contributed by atoms with Crippen LogP contribution in [0.4, 0.5) is 13.2 Å². The highest BCUT2D eigenvalue weighted by molar-refractivity contribution is 9.10. The Morgan fingerprint density at radius 1 is 1.45 bits per heavy atom. The minimum Gasteiger partial charge on any atom is -0.350 e. The molecule has 1 unspecified atom stereocenters. The molecule has 0 aliphatic rings. The molecule has 1 atom stereocenters. The Kier molecular flexibility index (Phi) is 6.39. The van der Waals surface area contributed by atoms with E-state index in [4.69, 9.17) is 0 Å². The van der Waals surface area contributed by atoms with Crippen molar-refractivity contribution in [3.05, 3.63) is 33.8 Å². The van der Waals surface area contributed by atoms with Crippen molar-refractivity contribution in [3.8, 4) is 0 Å². The maximum atomic E-state index is 12.6. The minimum absolute atomic E-state index is 0.00386. The Bertz CT molecular complexity index is 479. The molecule has 0 aromatic heterocycles. The monoisotopic (exact) mass is 369 g/mol. The van der Waals surface area contributed by atoms with Gasteiger partial charge in [-0.3, -0.25) is 4.79 Å². The highest BCUT2D eigenvalue weighted by Gasteiger charge is 2.31. The van der Waals surface area contributed by atoms with Gasteiger partial charge in [-0.25, -0.2) is 0 Å². The van der Waals surface area contributed by atoms with Crippen LogP contribution in [0.5, 0.6) is 0 Å². The Balaban J connectivity index is 2.87. The molecule has 112 valence electrons. The lowest BCUT2D eigenvalue weighted by molar-refractivity contribution is -0.137. The summed E-state index contributed by atoms with van der Waals surface area (Å²) in [6, 6.07) is 2.96. The molecule has 7 heteroatoms. The lowest BCUT2D eigenvalue weighted by Gasteiger charge is -2.15. The maximum Gasteiger partial charge on any atom is 0.416 e. The van der Waals surface area contributed by atoms with E-state index < -0.39 is 17.6 Å². The van der Waals surface area contributed by atoms with Gasteiger partial charge in [0.05, 0.1) is 11.1 Å². The molecule has 1 N–H and O–H groups in total. The summed E-state index contributed by atoms with van der Waals surface area (Å²) in [5.74, 6) is 0.377. The SMILES string of the molecule is CSCCC(C)NC(=O)c1cc(C(F)(F)F)ccc1Br. The molecular formula is C13H15BrF3NOS. The fourth-order valence-electron chi connectivity index (χ4n) is 1.54. The molecule has 0 bridgehead atoms. The van der Waals surface area contributed by atoms with Gasteiger partial charge in [-0.1, -0.05) is 0 Å². The third kappa shape index (κ3) is 5.01. The van der Waals surface area contributed by atoms with E-state index in [2.05, 4.69) is 21.2 Å². The Morgan fingerprint density at radius 2 is 2.10 bits per heavy atom. The predicted molar refractivity (Wildman–Crippen MR) is 79.1 cm³/mol. The van der Waals surface area contributed by atoms with Gasteiger partial charge in [-0.2, -0.15) is 24.9 Å². The Hall–Kier alpha value is -0.690. The molecule has 1 aromatic rings. The van der Waals surface area contributed by atoms with Crippen LogP contribution in [-0.4, -0.2) is 24.0 Å². The van der Waals surface area contributed by atoms with E-state index in [9.17, 15) is 18.0 Å². The van der Waals surface area contributed by atoms with Gasteiger partial charge in [0.15, 0.2) is 0 Å². The Labute approximate surface area is 128 Å². The van der Waals surface area contributed by atoms with Crippen LogP contribution in [0.1, 0.15) is 29.3 Å². The van der Waals surface area contributed by atoms with Crippen LogP contribution in [0.3, 0.4) is 0 Å². The fourth-order valence-corrected chi connectivity index (χ4v) is 2.56. The average molecular weight is 370 g/mol. The van der Waals surface area contributed by atoms with Gasteiger partial charge in [-0.15, -0.1) is 0 Å². The van der Waals surface area contributed by atoms with Gasteiger partial charge in [0.1, 0.15) is 0 Å². The number of carbonyl (C=O) groups is 1. The van der Waals surface area contributed by atoms with Crippen molar-refractivity contribution >= 4 is 33.6 Å².